The van der Waals surface area contributed by atoms with Crippen LogP contribution in [0.15, 0.2) is 109 Å². The second kappa shape index (κ2) is 64.3. The molecule has 89 heavy (non-hydrogen) atoms. The Kier molecular flexibility index (Phi) is 61.6. The average Bonchev–Trinajstić information content (AvgIpc) is 3.73. The summed E-state index contributed by atoms with van der Waals surface area (Å²) in [6, 6.07) is 0. The fourth-order valence-electron chi connectivity index (χ4n) is 8.71. The largest absolute Gasteiger partial charge is 0.472 e. The molecule has 0 aliphatic carbocycles. The number of allylic oxidation sites excluding steroid dienone is 18. The third-order valence-corrected chi connectivity index (χ3v) is 15.8. The van der Waals surface area contributed by atoms with Gasteiger partial charge in [-0.05, 0) is 116 Å². The first-order chi connectivity index (χ1) is 43.2. The Morgan fingerprint density at radius 3 is 1.00 bits per heavy atom. The molecule has 0 bridgehead atoms. The minimum Gasteiger partial charge on any atom is -0.463 e. The van der Waals surface area contributed by atoms with Gasteiger partial charge in [0.2, 0.25) is 0 Å². The van der Waals surface area contributed by atoms with E-state index in [0.29, 0.717) is 19.3 Å². The van der Waals surface area contributed by atoms with Crippen molar-refractivity contribution < 1.29 is 75.8 Å². The van der Waals surface area contributed by atoms with Crippen molar-refractivity contribution in [3.63, 3.8) is 0 Å². The molecule has 0 radical (unpaired) electrons. The van der Waals surface area contributed by atoms with Crippen LogP contribution in [0.1, 0.15) is 265 Å². The summed E-state index contributed by atoms with van der Waals surface area (Å²) in [5, 5.41) is 20.5. The third kappa shape index (κ3) is 65.5. The van der Waals surface area contributed by atoms with E-state index in [-0.39, 0.29) is 19.3 Å². The molecule has 4 N–H and O–H groups in total. The maximum absolute atomic E-state index is 12.8. The first-order valence-electron chi connectivity index (χ1n) is 34.2. The molecule has 5 unspecified atom stereocenters. The van der Waals surface area contributed by atoms with Gasteiger partial charge in [0.15, 0.2) is 6.10 Å². The lowest BCUT2D eigenvalue weighted by atomic mass is 10.1. The van der Waals surface area contributed by atoms with E-state index in [1.54, 1.807) is 0 Å². The van der Waals surface area contributed by atoms with E-state index in [0.717, 1.165) is 161 Å². The van der Waals surface area contributed by atoms with Gasteiger partial charge >= 0.3 is 33.6 Å². The van der Waals surface area contributed by atoms with Crippen molar-refractivity contribution in [2.75, 3.05) is 39.6 Å². The van der Waals surface area contributed by atoms with E-state index < -0.39 is 91.5 Å². The average molecular weight is 1290 g/mol. The molecule has 0 aliphatic heterocycles. The van der Waals surface area contributed by atoms with E-state index in [1.165, 1.54) is 44.9 Å². The van der Waals surface area contributed by atoms with Crippen LogP contribution in [0.3, 0.4) is 0 Å². The zero-order valence-electron chi connectivity index (χ0n) is 55.3. The van der Waals surface area contributed by atoms with Crippen molar-refractivity contribution in [1.29, 1.82) is 0 Å². The first-order valence-corrected chi connectivity index (χ1v) is 37.2. The van der Waals surface area contributed by atoms with Gasteiger partial charge in [-0.3, -0.25) is 32.5 Å². The molecule has 0 aromatic carbocycles. The zero-order valence-corrected chi connectivity index (χ0v) is 57.1. The van der Waals surface area contributed by atoms with E-state index >= 15 is 0 Å². The monoisotopic (exact) mass is 1290 g/mol. The number of aliphatic hydroxyl groups excluding tert-OH is 2. The summed E-state index contributed by atoms with van der Waals surface area (Å²) < 4.78 is 60.7. The highest BCUT2D eigenvalue weighted by Crippen LogP contribution is 2.45. The van der Waals surface area contributed by atoms with Gasteiger partial charge in [-0.25, -0.2) is 9.13 Å². The molecule has 5 atom stereocenters. The first kappa shape index (κ1) is 85.2. The van der Waals surface area contributed by atoms with Gasteiger partial charge in [-0.15, -0.1) is 0 Å². The summed E-state index contributed by atoms with van der Waals surface area (Å²) in [7, 11) is -9.77. The predicted octanol–water partition coefficient (Wildman–Crippen LogP) is 18.9. The van der Waals surface area contributed by atoms with Crippen LogP contribution in [-0.2, 0) is 55.8 Å². The van der Waals surface area contributed by atoms with Crippen LogP contribution in [-0.4, -0.2) is 95.9 Å². The predicted molar refractivity (Wildman–Crippen MR) is 362 cm³/mol. The van der Waals surface area contributed by atoms with Crippen molar-refractivity contribution >= 4 is 33.6 Å². The molecule has 0 fully saturated rings. The van der Waals surface area contributed by atoms with Crippen molar-refractivity contribution in [1.82, 2.24) is 0 Å². The molecule has 0 aliphatic rings. The normalized spacial score (nSPS) is 14.9. The molecule has 0 aromatic rings. The number of aliphatic hydroxyl groups is 2. The standard InChI is InChI=1S/C71H122O16P2/c1-4-7-10-13-16-19-22-24-25-26-27-28-29-30-31-32-33-34-35-36-37-38-39-41-44-45-48-51-54-57-69(74)81-60-66(72)61-83-88(77,78)84-62-67(73)63-85-89(79,80)86-65-68(87-71(76)59-56-53-50-47-42-21-18-15-12-9-6-3)64-82-70(75)58-55-52-49-46-43-40-23-20-17-14-11-8-5-2/h7,10-11,14-16,18-20,23-25,27-28,30-31,33-34,66-68,72-73H,4-6,8-9,12-13,17,21-22,26,29,32,35-65H2,1-3H3,(H,77,78)(H,79,80)/b10-7-,14-11-,18-15-,19-16-,23-20-,25-24-,28-27-,31-30-,34-33-. The molecule has 0 saturated heterocycles. The van der Waals surface area contributed by atoms with Gasteiger partial charge in [-0.2, -0.15) is 0 Å². The number of esters is 3. The Hall–Kier alpha value is -3.79. The van der Waals surface area contributed by atoms with E-state index in [2.05, 4.69) is 130 Å². The van der Waals surface area contributed by atoms with E-state index in [9.17, 15) is 43.5 Å². The molecule has 512 valence electrons. The second-order valence-electron chi connectivity index (χ2n) is 22.6. The van der Waals surface area contributed by atoms with Crippen LogP contribution in [0.2, 0.25) is 0 Å². The molecular formula is C71H122O16P2. The number of hydrogen-bond acceptors (Lipinski definition) is 14. The van der Waals surface area contributed by atoms with Gasteiger partial charge in [0.25, 0.3) is 0 Å². The van der Waals surface area contributed by atoms with Crippen molar-refractivity contribution in [2.24, 2.45) is 0 Å². The molecule has 16 nitrogen and oxygen atoms in total. The summed E-state index contributed by atoms with van der Waals surface area (Å²) in [6.45, 7) is 2.40. The molecule has 0 amide bonds. The lowest BCUT2D eigenvalue weighted by Gasteiger charge is -2.21. The highest BCUT2D eigenvalue weighted by atomic mass is 31.2. The van der Waals surface area contributed by atoms with E-state index in [4.69, 9.17) is 32.3 Å². The van der Waals surface area contributed by atoms with Crippen LogP contribution in [0.4, 0.5) is 0 Å². The van der Waals surface area contributed by atoms with Gasteiger partial charge in [0.05, 0.1) is 26.4 Å². The van der Waals surface area contributed by atoms with Gasteiger partial charge in [-0.1, -0.05) is 239 Å². The van der Waals surface area contributed by atoms with Crippen LogP contribution >= 0.6 is 15.6 Å². The Morgan fingerprint density at radius 1 is 0.326 bits per heavy atom. The van der Waals surface area contributed by atoms with Crippen LogP contribution < -0.4 is 0 Å². The Morgan fingerprint density at radius 2 is 0.618 bits per heavy atom. The fraction of sp³-hybridized carbons (Fsp3) is 0.704. The van der Waals surface area contributed by atoms with Gasteiger partial charge in [0, 0.05) is 19.3 Å². The molecule has 0 saturated carbocycles. The summed E-state index contributed by atoms with van der Waals surface area (Å²) in [4.78, 5) is 58.2. The number of phosphoric ester groups is 2. The maximum atomic E-state index is 12.8. The lowest BCUT2D eigenvalue weighted by molar-refractivity contribution is -0.161. The van der Waals surface area contributed by atoms with Gasteiger partial charge in [0.1, 0.15) is 25.4 Å². The Labute approximate surface area is 539 Å². The van der Waals surface area contributed by atoms with E-state index in [1.807, 2.05) is 0 Å². The molecule has 0 rings (SSSR count). The quantitative estimate of drug-likeness (QED) is 0.0146. The van der Waals surface area contributed by atoms with Crippen molar-refractivity contribution in [2.45, 2.75) is 283 Å². The second-order valence-corrected chi connectivity index (χ2v) is 25.5. The van der Waals surface area contributed by atoms with Crippen LogP contribution in [0, 0.1) is 0 Å². The summed E-state index contributed by atoms with van der Waals surface area (Å²) in [5.41, 5.74) is 0. The number of carbonyl (C=O) groups excluding carboxylic acids is 3. The molecule has 0 aromatic heterocycles. The zero-order chi connectivity index (χ0) is 65.3. The smallest absolute Gasteiger partial charge is 0.463 e. The molecular weight excluding hydrogens is 1170 g/mol. The summed E-state index contributed by atoms with van der Waals surface area (Å²) in [5.74, 6) is -1.61. The maximum Gasteiger partial charge on any atom is 0.472 e. The molecule has 0 spiro atoms. The minimum absolute atomic E-state index is 0.0906. The number of phosphoric acid groups is 2. The number of ether oxygens (including phenoxy) is 3. The molecule has 18 heteroatoms. The molecule has 0 heterocycles. The highest BCUT2D eigenvalue weighted by Gasteiger charge is 2.29. The topological polar surface area (TPSA) is 231 Å². The Bertz CT molecular complexity index is 2060. The Balaban J connectivity index is 4.42. The van der Waals surface area contributed by atoms with Crippen molar-refractivity contribution in [3.8, 4) is 0 Å². The minimum atomic E-state index is -4.92. The number of rotatable bonds is 64. The number of carbonyl (C=O) groups is 3. The summed E-state index contributed by atoms with van der Waals surface area (Å²) >= 11 is 0. The van der Waals surface area contributed by atoms with Crippen molar-refractivity contribution in [3.05, 3.63) is 109 Å². The fourth-order valence-corrected chi connectivity index (χ4v) is 10.3. The third-order valence-electron chi connectivity index (χ3n) is 13.9. The van der Waals surface area contributed by atoms with Gasteiger partial charge < -0.3 is 34.2 Å². The number of hydrogen-bond donors (Lipinski definition) is 4. The lowest BCUT2D eigenvalue weighted by Crippen LogP contribution is -2.30. The SMILES string of the molecule is CC/C=C\C/C=C\C/C=C\C/C=C\C/C=C\C/C=C\CCCCCCCCCCCCC(=O)OCC(O)COP(=O)(O)OCC(O)COP(=O)(O)OCC(COC(=O)CCCCCCC/C=C\C/C=C\CCC)OC(=O)CCCCCCC/C=C\CCCC. The highest BCUT2D eigenvalue weighted by molar-refractivity contribution is 7.47. The van der Waals surface area contributed by atoms with Crippen LogP contribution in [0.5, 0.6) is 0 Å². The summed E-state index contributed by atoms with van der Waals surface area (Å²) in [6.07, 6.45) is 71.7. The number of unbranched alkanes of at least 4 members (excludes halogenated alkanes) is 23. The van der Waals surface area contributed by atoms with Crippen LogP contribution in [0.25, 0.3) is 0 Å².